The lowest BCUT2D eigenvalue weighted by Crippen LogP contribution is -2.33. The Morgan fingerprint density at radius 3 is 2.81 bits per heavy atom. The lowest BCUT2D eigenvalue weighted by atomic mass is 10.1. The molecule has 4 nitrogen and oxygen atoms in total. The molecule has 0 aliphatic carbocycles. The fourth-order valence-corrected chi connectivity index (χ4v) is 2.63. The normalized spacial score (nSPS) is 23.5. The van der Waals surface area contributed by atoms with Gasteiger partial charge in [0.05, 0.1) is 11.9 Å². The number of nitrogens with one attached hydrogen (secondary N) is 1. The van der Waals surface area contributed by atoms with Gasteiger partial charge in [0.15, 0.2) is 9.84 Å². The quantitative estimate of drug-likeness (QED) is 0.730. The fourth-order valence-electron chi connectivity index (χ4n) is 1.91. The van der Waals surface area contributed by atoms with Crippen LogP contribution in [0.25, 0.3) is 0 Å². The molecular weight excluding hydrogens is 226 g/mol. The van der Waals surface area contributed by atoms with Gasteiger partial charge in [0.1, 0.15) is 0 Å². The Morgan fingerprint density at radius 1 is 1.50 bits per heavy atom. The van der Waals surface area contributed by atoms with Crippen LogP contribution in [-0.2, 0) is 14.6 Å². The highest BCUT2D eigenvalue weighted by Gasteiger charge is 2.18. The summed E-state index contributed by atoms with van der Waals surface area (Å²) in [6.45, 7) is 5.19. The first-order valence-corrected chi connectivity index (χ1v) is 7.91. The van der Waals surface area contributed by atoms with Gasteiger partial charge in [-0.05, 0) is 26.2 Å². The zero-order chi connectivity index (χ0) is 12.0. The van der Waals surface area contributed by atoms with E-state index in [4.69, 9.17) is 4.74 Å². The van der Waals surface area contributed by atoms with Crippen LogP contribution >= 0.6 is 0 Å². The summed E-state index contributed by atoms with van der Waals surface area (Å²) in [6, 6.07) is 0.329. The zero-order valence-electron chi connectivity index (χ0n) is 10.2. The lowest BCUT2D eigenvalue weighted by Gasteiger charge is -2.17. The topological polar surface area (TPSA) is 55.4 Å². The van der Waals surface area contributed by atoms with Crippen LogP contribution in [0.3, 0.4) is 0 Å². The second-order valence-electron chi connectivity index (χ2n) is 4.46. The van der Waals surface area contributed by atoms with Crippen molar-refractivity contribution in [2.75, 3.05) is 24.7 Å². The lowest BCUT2D eigenvalue weighted by molar-refractivity contribution is 0.0966. The number of hydrogen-bond donors (Lipinski definition) is 1. The van der Waals surface area contributed by atoms with Gasteiger partial charge in [-0.2, -0.15) is 0 Å². The third-order valence-corrected chi connectivity index (χ3v) is 4.69. The minimum Gasteiger partial charge on any atom is -0.378 e. The third kappa shape index (κ3) is 5.27. The number of sulfone groups is 1. The highest BCUT2D eigenvalue weighted by atomic mass is 32.2. The van der Waals surface area contributed by atoms with E-state index in [1.807, 2.05) is 0 Å². The average Bonchev–Trinajstić information content (AvgIpc) is 2.70. The SMILES string of the molecule is CCS(=O)(=O)CCNC(C)CC1CCCO1. The van der Waals surface area contributed by atoms with Gasteiger partial charge in [0, 0.05) is 24.9 Å². The standard InChI is InChI=1S/C11H23NO3S/c1-3-16(13,14)8-6-12-10(2)9-11-5-4-7-15-11/h10-12H,3-9H2,1-2H3. The molecule has 2 unspecified atom stereocenters. The molecular formula is C11H23NO3S. The van der Waals surface area contributed by atoms with Gasteiger partial charge in [0.2, 0.25) is 0 Å². The van der Waals surface area contributed by atoms with E-state index < -0.39 is 9.84 Å². The summed E-state index contributed by atoms with van der Waals surface area (Å²) in [5.41, 5.74) is 0. The van der Waals surface area contributed by atoms with Crippen LogP contribution in [-0.4, -0.2) is 45.2 Å². The molecule has 0 aromatic heterocycles. The van der Waals surface area contributed by atoms with Crippen molar-refractivity contribution in [3.05, 3.63) is 0 Å². The van der Waals surface area contributed by atoms with Crippen molar-refractivity contribution in [3.8, 4) is 0 Å². The second-order valence-corrected chi connectivity index (χ2v) is 6.94. The molecule has 1 rings (SSSR count). The molecule has 96 valence electrons. The van der Waals surface area contributed by atoms with Crippen molar-refractivity contribution in [3.63, 3.8) is 0 Å². The summed E-state index contributed by atoms with van der Waals surface area (Å²) >= 11 is 0. The minimum atomic E-state index is -2.84. The van der Waals surface area contributed by atoms with Crippen LogP contribution in [0, 0.1) is 0 Å². The molecule has 5 heteroatoms. The maximum atomic E-state index is 11.3. The summed E-state index contributed by atoms with van der Waals surface area (Å²) in [7, 11) is -2.84. The van der Waals surface area contributed by atoms with E-state index in [-0.39, 0.29) is 11.5 Å². The van der Waals surface area contributed by atoms with Crippen LogP contribution in [0.2, 0.25) is 0 Å². The molecule has 1 N–H and O–H groups in total. The molecule has 1 fully saturated rings. The molecule has 1 aliphatic rings. The molecule has 1 heterocycles. The molecule has 1 saturated heterocycles. The molecule has 0 bridgehead atoms. The average molecular weight is 249 g/mol. The predicted octanol–water partition coefficient (Wildman–Crippen LogP) is 0.968. The molecule has 0 saturated carbocycles. The molecule has 0 radical (unpaired) electrons. The Kier molecular flexibility index (Phi) is 5.72. The van der Waals surface area contributed by atoms with Crippen molar-refractivity contribution >= 4 is 9.84 Å². The molecule has 0 aromatic carbocycles. The molecule has 0 aromatic rings. The Bertz CT molecular complexity index is 284. The van der Waals surface area contributed by atoms with Crippen LogP contribution in [0.5, 0.6) is 0 Å². The maximum absolute atomic E-state index is 11.3. The number of ether oxygens (including phenoxy) is 1. The van der Waals surface area contributed by atoms with Gasteiger partial charge in [-0.1, -0.05) is 6.92 Å². The number of rotatable bonds is 7. The fraction of sp³-hybridized carbons (Fsp3) is 1.00. The van der Waals surface area contributed by atoms with Crippen LogP contribution < -0.4 is 5.32 Å². The summed E-state index contributed by atoms with van der Waals surface area (Å²) in [6.07, 6.45) is 3.64. The maximum Gasteiger partial charge on any atom is 0.151 e. The monoisotopic (exact) mass is 249 g/mol. The highest BCUT2D eigenvalue weighted by molar-refractivity contribution is 7.91. The van der Waals surface area contributed by atoms with Crippen LogP contribution in [0.4, 0.5) is 0 Å². The van der Waals surface area contributed by atoms with Crippen molar-refractivity contribution in [2.24, 2.45) is 0 Å². The van der Waals surface area contributed by atoms with Crippen molar-refractivity contribution in [1.29, 1.82) is 0 Å². The van der Waals surface area contributed by atoms with E-state index in [9.17, 15) is 8.42 Å². The number of hydrogen-bond acceptors (Lipinski definition) is 4. The Labute approximate surface area is 98.7 Å². The summed E-state index contributed by atoms with van der Waals surface area (Å²) in [4.78, 5) is 0. The molecule has 16 heavy (non-hydrogen) atoms. The first-order chi connectivity index (χ1) is 7.53. The Morgan fingerprint density at radius 2 is 2.25 bits per heavy atom. The van der Waals surface area contributed by atoms with Crippen molar-refractivity contribution < 1.29 is 13.2 Å². The van der Waals surface area contributed by atoms with Gasteiger partial charge in [-0.15, -0.1) is 0 Å². The molecule has 2 atom stereocenters. The largest absolute Gasteiger partial charge is 0.378 e. The van der Waals surface area contributed by atoms with E-state index in [1.165, 1.54) is 0 Å². The smallest absolute Gasteiger partial charge is 0.151 e. The van der Waals surface area contributed by atoms with E-state index in [1.54, 1.807) is 6.92 Å². The molecule has 0 spiro atoms. The van der Waals surface area contributed by atoms with Crippen molar-refractivity contribution in [1.82, 2.24) is 5.32 Å². The summed E-state index contributed by atoms with van der Waals surface area (Å²) < 4.78 is 28.1. The minimum absolute atomic E-state index is 0.231. The van der Waals surface area contributed by atoms with Gasteiger partial charge in [0.25, 0.3) is 0 Å². The van der Waals surface area contributed by atoms with Gasteiger partial charge < -0.3 is 10.1 Å². The molecule has 1 aliphatic heterocycles. The van der Waals surface area contributed by atoms with Gasteiger partial charge in [-0.25, -0.2) is 8.42 Å². The van der Waals surface area contributed by atoms with E-state index in [2.05, 4.69) is 12.2 Å². The highest BCUT2D eigenvalue weighted by Crippen LogP contribution is 2.16. The first kappa shape index (κ1) is 13.9. The van der Waals surface area contributed by atoms with Gasteiger partial charge >= 0.3 is 0 Å². The van der Waals surface area contributed by atoms with E-state index in [0.717, 1.165) is 25.9 Å². The van der Waals surface area contributed by atoms with Gasteiger partial charge in [-0.3, -0.25) is 0 Å². The van der Waals surface area contributed by atoms with Crippen LogP contribution in [0.1, 0.15) is 33.1 Å². The van der Waals surface area contributed by atoms with E-state index in [0.29, 0.717) is 18.7 Å². The third-order valence-electron chi connectivity index (χ3n) is 2.99. The second kappa shape index (κ2) is 6.57. The van der Waals surface area contributed by atoms with Crippen LogP contribution in [0.15, 0.2) is 0 Å². The van der Waals surface area contributed by atoms with Crippen molar-refractivity contribution in [2.45, 2.75) is 45.3 Å². The first-order valence-electron chi connectivity index (χ1n) is 6.09. The Balaban J connectivity index is 2.12. The molecule has 0 amide bonds. The zero-order valence-corrected chi connectivity index (χ0v) is 11.1. The predicted molar refractivity (Wildman–Crippen MR) is 65.4 cm³/mol. The summed E-state index contributed by atoms with van der Waals surface area (Å²) in [5.74, 6) is 0.466. The Hall–Kier alpha value is -0.130. The summed E-state index contributed by atoms with van der Waals surface area (Å²) in [5, 5.41) is 3.24. The van der Waals surface area contributed by atoms with E-state index >= 15 is 0 Å².